The van der Waals surface area contributed by atoms with Gasteiger partial charge in [-0.1, -0.05) is 56.4 Å². The van der Waals surface area contributed by atoms with E-state index in [4.69, 9.17) is 18.0 Å². The van der Waals surface area contributed by atoms with E-state index in [1.807, 2.05) is 0 Å². The highest BCUT2D eigenvalue weighted by molar-refractivity contribution is 7.99. The molecule has 2 unspecified atom stereocenters. The fourth-order valence-electron chi connectivity index (χ4n) is 7.75. The van der Waals surface area contributed by atoms with Crippen molar-refractivity contribution >= 4 is 29.0 Å². The lowest BCUT2D eigenvalue weighted by molar-refractivity contribution is -0.0351. The van der Waals surface area contributed by atoms with Crippen LogP contribution >= 0.6 is 24.0 Å². The molecule has 3 atom stereocenters. The first-order chi connectivity index (χ1) is 13.8. The predicted molar refractivity (Wildman–Crippen MR) is 128 cm³/mol. The van der Waals surface area contributed by atoms with Crippen LogP contribution in [0.4, 0.5) is 0 Å². The molecule has 4 saturated carbocycles. The van der Waals surface area contributed by atoms with Crippen molar-refractivity contribution in [3.8, 4) is 0 Å². The second kappa shape index (κ2) is 6.97. The smallest absolute Gasteiger partial charge is 0.0842 e. The number of thiocarbonyl (C=S) groups is 1. The van der Waals surface area contributed by atoms with Gasteiger partial charge < -0.3 is 10.6 Å². The maximum Gasteiger partial charge on any atom is 0.0842 e. The molecule has 5 aliphatic rings. The second-order valence-electron chi connectivity index (χ2n) is 11.3. The third-order valence-corrected chi connectivity index (χ3v) is 10.9. The van der Waals surface area contributed by atoms with Crippen LogP contribution in [0.5, 0.6) is 0 Å². The van der Waals surface area contributed by atoms with Gasteiger partial charge in [0.05, 0.1) is 4.99 Å². The molecule has 0 spiro atoms. The molecule has 0 radical (unpaired) electrons. The van der Waals surface area contributed by atoms with E-state index in [2.05, 4.69) is 67.1 Å². The second-order valence-corrected chi connectivity index (χ2v) is 12.7. The first kappa shape index (κ1) is 20.3. The Morgan fingerprint density at radius 1 is 1.10 bits per heavy atom. The van der Waals surface area contributed by atoms with Gasteiger partial charge in [0.25, 0.3) is 0 Å². The highest BCUT2D eigenvalue weighted by Crippen LogP contribution is 2.68. The van der Waals surface area contributed by atoms with Gasteiger partial charge in [-0.2, -0.15) is 11.8 Å². The number of thioether (sulfide) groups is 1. The Hall–Kier alpha value is -0.580. The van der Waals surface area contributed by atoms with E-state index >= 15 is 0 Å². The van der Waals surface area contributed by atoms with Crippen molar-refractivity contribution in [1.82, 2.24) is 4.90 Å². The summed E-state index contributed by atoms with van der Waals surface area (Å²) in [7, 11) is 0. The molecule has 29 heavy (non-hydrogen) atoms. The van der Waals surface area contributed by atoms with E-state index < -0.39 is 0 Å². The summed E-state index contributed by atoms with van der Waals surface area (Å²) in [6.07, 6.45) is 10.0. The van der Waals surface area contributed by atoms with Crippen molar-refractivity contribution in [2.75, 3.05) is 19.3 Å². The molecule has 0 amide bonds. The van der Waals surface area contributed by atoms with Crippen molar-refractivity contribution in [2.45, 2.75) is 69.1 Å². The van der Waals surface area contributed by atoms with E-state index in [1.165, 1.54) is 37.1 Å². The average molecular weight is 429 g/mol. The minimum atomic E-state index is 0.142. The highest BCUT2D eigenvalue weighted by atomic mass is 32.2. The third kappa shape index (κ3) is 3.11. The first-order valence-electron chi connectivity index (χ1n) is 11.4. The molecule has 2 nitrogen and oxygen atoms in total. The standard InChI is InChI=1S/C25H36N2S2/c1-23(2)16-27(10-9-20(23)26)22(28)25-13-17-11-24(15-25,19-7-5-4-6-8-19)12-18(14-25)21(17)29-3/h4-8,17-18,20-21H,9-16,26H2,1-3H3/t17?,18?,20-,21?,24?,25?/m0/s1. The van der Waals surface area contributed by atoms with Gasteiger partial charge in [0.2, 0.25) is 0 Å². The van der Waals surface area contributed by atoms with Crippen LogP contribution < -0.4 is 5.73 Å². The predicted octanol–water partition coefficient (Wildman–Crippen LogP) is 5.25. The van der Waals surface area contributed by atoms with E-state index in [9.17, 15) is 0 Å². The topological polar surface area (TPSA) is 29.3 Å². The number of piperidine rings is 1. The van der Waals surface area contributed by atoms with Crippen molar-refractivity contribution in [3.05, 3.63) is 35.9 Å². The van der Waals surface area contributed by atoms with E-state index in [0.717, 1.165) is 36.6 Å². The third-order valence-electron chi connectivity index (χ3n) is 8.93. The Labute approximate surface area is 186 Å². The molecular weight excluding hydrogens is 392 g/mol. The summed E-state index contributed by atoms with van der Waals surface area (Å²) in [6.45, 7) is 6.71. The lowest BCUT2D eigenvalue weighted by Crippen LogP contribution is -2.64. The molecule has 1 aromatic rings. The van der Waals surface area contributed by atoms with Crippen LogP contribution in [0.15, 0.2) is 30.3 Å². The van der Waals surface area contributed by atoms with Crippen molar-refractivity contribution in [2.24, 2.45) is 28.4 Å². The quantitative estimate of drug-likeness (QED) is 0.666. The first-order valence-corrected chi connectivity index (χ1v) is 13.1. The normalized spacial score (nSPS) is 42.8. The van der Waals surface area contributed by atoms with Crippen LogP contribution in [-0.2, 0) is 5.41 Å². The summed E-state index contributed by atoms with van der Waals surface area (Å²) >= 11 is 8.49. The lowest BCUT2D eigenvalue weighted by Gasteiger charge is -2.66. The maximum atomic E-state index is 6.44. The van der Waals surface area contributed by atoms with E-state index in [0.29, 0.717) is 5.41 Å². The molecule has 5 fully saturated rings. The number of benzene rings is 1. The summed E-state index contributed by atoms with van der Waals surface area (Å²) in [5.74, 6) is 1.62. The molecule has 1 heterocycles. The molecule has 1 saturated heterocycles. The Kier molecular flexibility index (Phi) is 4.88. The molecule has 4 bridgehead atoms. The molecule has 1 aliphatic heterocycles. The SMILES string of the molecule is CSC1C2CC3(C(=S)N4CC[C@H](N)C(C)(C)C4)CC1CC(c1ccccc1)(C2)C3. The van der Waals surface area contributed by atoms with Crippen LogP contribution in [0.2, 0.25) is 0 Å². The van der Waals surface area contributed by atoms with Gasteiger partial charge in [0.1, 0.15) is 0 Å². The number of hydrogen-bond donors (Lipinski definition) is 1. The van der Waals surface area contributed by atoms with Crippen LogP contribution in [0, 0.1) is 22.7 Å². The summed E-state index contributed by atoms with van der Waals surface area (Å²) in [5.41, 5.74) is 8.72. The van der Waals surface area contributed by atoms with Gasteiger partial charge in [0, 0.05) is 29.8 Å². The van der Waals surface area contributed by atoms with E-state index in [1.54, 1.807) is 5.56 Å². The molecule has 158 valence electrons. The average Bonchev–Trinajstić information content (AvgIpc) is 2.70. The summed E-state index contributed by atoms with van der Waals surface area (Å²) in [5, 5.41) is 0.828. The fraction of sp³-hybridized carbons (Fsp3) is 0.720. The monoisotopic (exact) mass is 428 g/mol. The summed E-state index contributed by atoms with van der Waals surface area (Å²) in [4.78, 5) is 3.85. The zero-order valence-corrected chi connectivity index (χ0v) is 19.8. The molecule has 0 aromatic heterocycles. The molecule has 4 heteroatoms. The Bertz CT molecular complexity index is 773. The van der Waals surface area contributed by atoms with Gasteiger partial charge in [-0.15, -0.1) is 0 Å². The lowest BCUT2D eigenvalue weighted by atomic mass is 9.42. The summed E-state index contributed by atoms with van der Waals surface area (Å²) in [6, 6.07) is 11.7. The minimum Gasteiger partial charge on any atom is -0.365 e. The van der Waals surface area contributed by atoms with Crippen molar-refractivity contribution < 1.29 is 0 Å². The fourth-order valence-corrected chi connectivity index (χ4v) is 9.30. The van der Waals surface area contributed by atoms with Crippen LogP contribution in [0.3, 0.4) is 0 Å². The van der Waals surface area contributed by atoms with Crippen LogP contribution in [0.1, 0.15) is 57.9 Å². The Balaban J connectivity index is 1.49. The number of nitrogens with zero attached hydrogens (tertiary/aromatic N) is 1. The molecule has 4 aliphatic carbocycles. The number of likely N-dealkylation sites (tertiary alicyclic amines) is 1. The zero-order valence-electron chi connectivity index (χ0n) is 18.2. The molecule has 2 N–H and O–H groups in total. The van der Waals surface area contributed by atoms with Gasteiger partial charge >= 0.3 is 0 Å². The zero-order chi connectivity index (χ0) is 20.4. The number of hydrogen-bond acceptors (Lipinski definition) is 3. The Morgan fingerprint density at radius 3 is 2.34 bits per heavy atom. The molecular formula is C25H36N2S2. The van der Waals surface area contributed by atoms with Crippen LogP contribution in [-0.4, -0.2) is 40.5 Å². The maximum absolute atomic E-state index is 6.44. The Morgan fingerprint density at radius 2 is 1.76 bits per heavy atom. The van der Waals surface area contributed by atoms with Crippen molar-refractivity contribution in [3.63, 3.8) is 0 Å². The largest absolute Gasteiger partial charge is 0.365 e. The van der Waals surface area contributed by atoms with Crippen LogP contribution in [0.25, 0.3) is 0 Å². The number of rotatable bonds is 3. The van der Waals surface area contributed by atoms with Crippen molar-refractivity contribution in [1.29, 1.82) is 0 Å². The molecule has 6 rings (SSSR count). The number of nitrogens with two attached hydrogens (primary N) is 1. The molecule has 1 aromatic carbocycles. The van der Waals surface area contributed by atoms with Gasteiger partial charge in [-0.3, -0.25) is 0 Å². The van der Waals surface area contributed by atoms with E-state index in [-0.39, 0.29) is 16.9 Å². The minimum absolute atomic E-state index is 0.142. The highest BCUT2D eigenvalue weighted by Gasteiger charge is 2.63. The van der Waals surface area contributed by atoms with Gasteiger partial charge in [-0.05, 0) is 73.0 Å². The summed E-state index contributed by atoms with van der Waals surface area (Å²) < 4.78 is 0. The van der Waals surface area contributed by atoms with Gasteiger partial charge in [0.15, 0.2) is 0 Å². The van der Waals surface area contributed by atoms with Gasteiger partial charge in [-0.25, -0.2) is 0 Å².